The number of hydrogen-bond donors (Lipinski definition) is 1. The fourth-order valence-corrected chi connectivity index (χ4v) is 2.80. The lowest BCUT2D eigenvalue weighted by atomic mass is 10.1. The fraction of sp³-hybridized carbons (Fsp3) is 0.211. The highest BCUT2D eigenvalue weighted by Gasteiger charge is 2.19. The van der Waals surface area contributed by atoms with Crippen LogP contribution in [-0.2, 0) is 4.74 Å². The van der Waals surface area contributed by atoms with Gasteiger partial charge >= 0.3 is 5.97 Å². The number of halogens is 2. The predicted octanol–water partition coefficient (Wildman–Crippen LogP) is 5.15. The van der Waals surface area contributed by atoms with Crippen LogP contribution in [-0.4, -0.2) is 22.0 Å². The number of carbonyl (C=O) groups excluding carboxylic acids is 1. The minimum absolute atomic E-state index is 0.221. The third kappa shape index (κ3) is 3.83. The van der Waals surface area contributed by atoms with E-state index in [9.17, 15) is 9.18 Å². The van der Waals surface area contributed by atoms with E-state index in [1.54, 1.807) is 32.0 Å². The molecule has 134 valence electrons. The summed E-state index contributed by atoms with van der Waals surface area (Å²) >= 11 is 3.23. The number of nitrogens with one attached hydrogen (secondary N) is 1. The number of nitrogens with zero attached hydrogens (tertiary/aromatic N) is 2. The number of pyridine rings is 2. The van der Waals surface area contributed by atoms with Crippen LogP contribution in [0.4, 0.5) is 15.8 Å². The largest absolute Gasteiger partial charge is 0.459 e. The fourth-order valence-electron chi connectivity index (χ4n) is 2.46. The summed E-state index contributed by atoms with van der Waals surface area (Å²) in [4.78, 5) is 21.1. The highest BCUT2D eigenvalue weighted by atomic mass is 79.9. The molecule has 3 aromatic rings. The minimum atomic E-state index is -0.532. The number of carbonyl (C=O) groups is 1. The molecule has 0 radical (unpaired) electrons. The molecule has 0 bridgehead atoms. The first-order valence-corrected chi connectivity index (χ1v) is 8.84. The van der Waals surface area contributed by atoms with Crippen molar-refractivity contribution in [1.29, 1.82) is 0 Å². The molecule has 0 fully saturated rings. The summed E-state index contributed by atoms with van der Waals surface area (Å²) in [5.41, 5.74) is 2.13. The second kappa shape index (κ2) is 7.37. The zero-order valence-electron chi connectivity index (χ0n) is 14.5. The summed E-state index contributed by atoms with van der Waals surface area (Å²) in [5.74, 6) is -0.984. The van der Waals surface area contributed by atoms with Crippen molar-refractivity contribution in [3.63, 3.8) is 0 Å². The molecule has 7 heteroatoms. The van der Waals surface area contributed by atoms with Crippen molar-refractivity contribution in [2.75, 3.05) is 5.32 Å². The van der Waals surface area contributed by atoms with Crippen molar-refractivity contribution in [3.8, 4) is 0 Å². The van der Waals surface area contributed by atoms with Gasteiger partial charge in [0.1, 0.15) is 11.4 Å². The molecular formula is C19H17BrFN3O2. The Balaban J connectivity index is 2.16. The Bertz CT molecular complexity index is 992. The van der Waals surface area contributed by atoms with Gasteiger partial charge in [0.25, 0.3) is 0 Å². The summed E-state index contributed by atoms with van der Waals surface area (Å²) in [6, 6.07) is 8.26. The first-order chi connectivity index (χ1) is 12.3. The van der Waals surface area contributed by atoms with E-state index in [2.05, 4.69) is 31.2 Å². The van der Waals surface area contributed by atoms with Crippen molar-refractivity contribution in [2.45, 2.75) is 26.9 Å². The monoisotopic (exact) mass is 417 g/mol. The highest BCUT2D eigenvalue weighted by Crippen LogP contribution is 2.31. The molecule has 0 aliphatic carbocycles. The zero-order chi connectivity index (χ0) is 18.8. The smallest absolute Gasteiger partial charge is 0.342 e. The molecule has 0 aliphatic heterocycles. The topological polar surface area (TPSA) is 64.1 Å². The summed E-state index contributed by atoms with van der Waals surface area (Å²) in [5, 5.41) is 3.62. The van der Waals surface area contributed by atoms with Gasteiger partial charge in [-0.1, -0.05) is 15.9 Å². The second-order valence-electron chi connectivity index (χ2n) is 6.07. The van der Waals surface area contributed by atoms with Crippen molar-refractivity contribution < 1.29 is 13.9 Å². The minimum Gasteiger partial charge on any atom is -0.459 e. The average molecular weight is 418 g/mol. The summed E-state index contributed by atoms with van der Waals surface area (Å²) in [7, 11) is 0. The molecule has 0 amide bonds. The van der Waals surface area contributed by atoms with E-state index in [-0.39, 0.29) is 17.4 Å². The van der Waals surface area contributed by atoms with E-state index in [1.807, 2.05) is 13.0 Å². The number of anilines is 2. The molecule has 3 rings (SSSR count). The number of benzene rings is 1. The third-order valence-electron chi connectivity index (χ3n) is 3.62. The molecule has 26 heavy (non-hydrogen) atoms. The van der Waals surface area contributed by atoms with Crippen LogP contribution in [0.15, 0.2) is 41.0 Å². The normalized spacial score (nSPS) is 11.0. The molecule has 1 N–H and O–H groups in total. The summed E-state index contributed by atoms with van der Waals surface area (Å²) in [6.07, 6.45) is 1.12. The second-order valence-corrected chi connectivity index (χ2v) is 6.99. The van der Waals surface area contributed by atoms with Crippen LogP contribution in [0.3, 0.4) is 0 Å². The van der Waals surface area contributed by atoms with Crippen LogP contribution in [0.2, 0.25) is 0 Å². The Labute approximate surface area is 158 Å². The van der Waals surface area contributed by atoms with Gasteiger partial charge in [0.2, 0.25) is 0 Å². The number of fused-ring (bicyclic) bond motifs is 1. The predicted molar refractivity (Wildman–Crippen MR) is 102 cm³/mol. The Morgan fingerprint density at radius 2 is 2.04 bits per heavy atom. The molecule has 2 heterocycles. The van der Waals surface area contributed by atoms with Gasteiger partial charge in [-0.05, 0) is 51.1 Å². The van der Waals surface area contributed by atoms with Crippen molar-refractivity contribution in [3.05, 3.63) is 58.1 Å². The van der Waals surface area contributed by atoms with Gasteiger partial charge in [-0.25, -0.2) is 19.2 Å². The van der Waals surface area contributed by atoms with Crippen LogP contribution < -0.4 is 5.32 Å². The van der Waals surface area contributed by atoms with Gasteiger partial charge in [0.15, 0.2) is 5.65 Å². The maximum Gasteiger partial charge on any atom is 0.342 e. The van der Waals surface area contributed by atoms with E-state index in [0.29, 0.717) is 21.2 Å². The van der Waals surface area contributed by atoms with Crippen LogP contribution in [0.5, 0.6) is 0 Å². The molecule has 0 saturated carbocycles. The Morgan fingerprint density at radius 3 is 2.73 bits per heavy atom. The first-order valence-electron chi connectivity index (χ1n) is 8.04. The van der Waals surface area contributed by atoms with E-state index < -0.39 is 11.8 Å². The third-order valence-corrected chi connectivity index (χ3v) is 4.12. The number of aromatic nitrogens is 2. The van der Waals surface area contributed by atoms with E-state index in [1.165, 1.54) is 12.3 Å². The Hall–Kier alpha value is -2.54. The lowest BCUT2D eigenvalue weighted by Crippen LogP contribution is -2.14. The van der Waals surface area contributed by atoms with Gasteiger partial charge in [-0.2, -0.15) is 0 Å². The maximum absolute atomic E-state index is 14.3. The van der Waals surface area contributed by atoms with Crippen LogP contribution in [0.25, 0.3) is 11.0 Å². The van der Waals surface area contributed by atoms with E-state index >= 15 is 0 Å². The lowest BCUT2D eigenvalue weighted by Gasteiger charge is -2.16. The molecule has 0 aliphatic rings. The summed E-state index contributed by atoms with van der Waals surface area (Å²) in [6.45, 7) is 5.38. The van der Waals surface area contributed by atoms with Gasteiger partial charge in [0.05, 0.1) is 17.5 Å². The number of rotatable bonds is 4. The van der Waals surface area contributed by atoms with Crippen molar-refractivity contribution >= 4 is 44.3 Å². The van der Waals surface area contributed by atoms with Crippen molar-refractivity contribution in [1.82, 2.24) is 9.97 Å². The van der Waals surface area contributed by atoms with Crippen molar-refractivity contribution in [2.24, 2.45) is 0 Å². The summed E-state index contributed by atoms with van der Waals surface area (Å²) < 4.78 is 20.2. The van der Waals surface area contributed by atoms with E-state index in [0.717, 1.165) is 5.69 Å². The molecule has 2 aromatic heterocycles. The van der Waals surface area contributed by atoms with E-state index in [4.69, 9.17) is 4.74 Å². The number of ether oxygens (including phenoxy) is 1. The molecular weight excluding hydrogens is 401 g/mol. The molecule has 0 spiro atoms. The van der Waals surface area contributed by atoms with Crippen LogP contribution >= 0.6 is 15.9 Å². The molecule has 0 atom stereocenters. The van der Waals surface area contributed by atoms with Crippen LogP contribution in [0.1, 0.15) is 29.9 Å². The lowest BCUT2D eigenvalue weighted by molar-refractivity contribution is 0.0379. The number of esters is 1. The van der Waals surface area contributed by atoms with Gasteiger partial charge in [0, 0.05) is 21.7 Å². The number of aryl methyl sites for hydroxylation is 1. The highest BCUT2D eigenvalue weighted by molar-refractivity contribution is 9.10. The maximum atomic E-state index is 14.3. The van der Waals surface area contributed by atoms with Gasteiger partial charge in [-0.15, -0.1) is 0 Å². The average Bonchev–Trinajstić information content (AvgIpc) is 2.56. The molecule has 1 aromatic carbocycles. The number of hydrogen-bond acceptors (Lipinski definition) is 5. The SMILES string of the molecule is Cc1ccc2c(Nc3ccc(Br)cc3F)c(C(=O)OC(C)C)cnc2n1. The molecule has 5 nitrogen and oxygen atoms in total. The molecule has 0 saturated heterocycles. The van der Waals surface area contributed by atoms with Gasteiger partial charge < -0.3 is 10.1 Å². The quantitative estimate of drug-likeness (QED) is 0.594. The Kier molecular flexibility index (Phi) is 5.18. The Morgan fingerprint density at radius 1 is 1.27 bits per heavy atom. The first kappa shape index (κ1) is 18.3. The van der Waals surface area contributed by atoms with Crippen LogP contribution in [0, 0.1) is 12.7 Å². The van der Waals surface area contributed by atoms with Gasteiger partial charge in [-0.3, -0.25) is 0 Å². The molecule has 0 unspecified atom stereocenters. The zero-order valence-corrected chi connectivity index (χ0v) is 16.1. The standard InChI is InChI=1S/C19H17BrFN3O2/c1-10(2)26-19(25)14-9-22-18-13(6-4-11(3)23-18)17(14)24-16-7-5-12(20)8-15(16)21/h4-10H,1-3H3,(H,22,23,24).